The number of nitrogens with one attached hydrogen (secondary N) is 1. The van der Waals surface area contributed by atoms with Gasteiger partial charge in [0.05, 0.1) is 18.7 Å². The van der Waals surface area contributed by atoms with E-state index in [0.29, 0.717) is 23.1 Å². The second-order valence-electron chi connectivity index (χ2n) is 3.69. The molecule has 0 radical (unpaired) electrons. The van der Waals surface area contributed by atoms with Crippen molar-refractivity contribution in [2.75, 3.05) is 13.7 Å². The van der Waals surface area contributed by atoms with E-state index in [1.54, 1.807) is 25.5 Å². The summed E-state index contributed by atoms with van der Waals surface area (Å²) >= 11 is 6.15. The first-order valence-electron chi connectivity index (χ1n) is 5.76. The lowest BCUT2D eigenvalue weighted by Gasteiger charge is -2.11. The van der Waals surface area contributed by atoms with Crippen molar-refractivity contribution in [2.45, 2.75) is 13.3 Å². The number of halogens is 1. The standard InChI is InChI=1S/C12H17ClN4O2/c1-3-4-19-11-9(13)5-8(6-10(11)18-2)7-16-17-12(14)15/h5-7H,3-4H2,1-2H3,(H4,14,15,17)/p+1/b16-7-. The van der Waals surface area contributed by atoms with Gasteiger partial charge in [0.1, 0.15) is 0 Å². The summed E-state index contributed by atoms with van der Waals surface area (Å²) in [5, 5.41) is 6.69. The largest absolute Gasteiger partial charge is 0.493 e. The number of benzene rings is 1. The first kappa shape index (κ1) is 15.1. The molecule has 5 N–H and O–H groups in total. The third kappa shape index (κ3) is 4.67. The predicted octanol–water partition coefficient (Wildman–Crippen LogP) is -0.175. The summed E-state index contributed by atoms with van der Waals surface area (Å²) in [4.78, 5) is 0. The van der Waals surface area contributed by atoms with E-state index in [0.717, 1.165) is 12.0 Å². The quantitative estimate of drug-likeness (QED) is 0.384. The van der Waals surface area contributed by atoms with Crippen LogP contribution in [0.5, 0.6) is 11.5 Å². The highest BCUT2D eigenvalue weighted by atomic mass is 35.5. The van der Waals surface area contributed by atoms with Crippen molar-refractivity contribution in [1.29, 1.82) is 0 Å². The van der Waals surface area contributed by atoms with E-state index in [9.17, 15) is 0 Å². The molecule has 0 saturated heterocycles. The van der Waals surface area contributed by atoms with Crippen molar-refractivity contribution in [3.8, 4) is 11.5 Å². The molecule has 1 rings (SSSR count). The van der Waals surface area contributed by atoms with Gasteiger partial charge >= 0.3 is 0 Å². The number of rotatable bonds is 6. The fourth-order valence-electron chi connectivity index (χ4n) is 1.35. The molecule has 0 aliphatic rings. The van der Waals surface area contributed by atoms with Crippen LogP contribution in [0.25, 0.3) is 0 Å². The first-order valence-corrected chi connectivity index (χ1v) is 6.14. The second-order valence-corrected chi connectivity index (χ2v) is 4.10. The summed E-state index contributed by atoms with van der Waals surface area (Å²) in [6, 6.07) is 3.50. The van der Waals surface area contributed by atoms with Crippen molar-refractivity contribution >= 4 is 23.8 Å². The van der Waals surface area contributed by atoms with Gasteiger partial charge in [0.25, 0.3) is 5.96 Å². The smallest absolute Gasteiger partial charge is 0.256 e. The minimum absolute atomic E-state index is 0.0581. The topological polar surface area (TPSA) is 96.8 Å². The maximum atomic E-state index is 6.15. The summed E-state index contributed by atoms with van der Waals surface area (Å²) in [5.74, 6) is 1.03. The average Bonchev–Trinajstić information content (AvgIpc) is 2.36. The zero-order chi connectivity index (χ0) is 14.3. The van der Waals surface area contributed by atoms with E-state index in [-0.39, 0.29) is 5.96 Å². The lowest BCUT2D eigenvalue weighted by molar-refractivity contribution is -0.456. The van der Waals surface area contributed by atoms with E-state index < -0.39 is 0 Å². The van der Waals surface area contributed by atoms with Crippen LogP contribution in [0, 0.1) is 0 Å². The molecule has 0 aliphatic carbocycles. The molecule has 7 heteroatoms. The third-order valence-corrected chi connectivity index (χ3v) is 2.41. The molecule has 0 bridgehead atoms. The van der Waals surface area contributed by atoms with E-state index >= 15 is 0 Å². The first-order chi connectivity index (χ1) is 9.08. The molecular formula is C12H18ClN4O2+. The van der Waals surface area contributed by atoms with Crippen LogP contribution in [0.4, 0.5) is 0 Å². The average molecular weight is 286 g/mol. The van der Waals surface area contributed by atoms with Crippen LogP contribution in [0.1, 0.15) is 18.9 Å². The van der Waals surface area contributed by atoms with Gasteiger partial charge in [0.15, 0.2) is 11.5 Å². The zero-order valence-corrected chi connectivity index (χ0v) is 11.7. The van der Waals surface area contributed by atoms with Gasteiger partial charge in [-0.2, -0.15) is 0 Å². The van der Waals surface area contributed by atoms with E-state index in [1.165, 1.54) is 0 Å². The van der Waals surface area contributed by atoms with E-state index in [1.807, 2.05) is 6.92 Å². The van der Waals surface area contributed by atoms with Crippen LogP contribution < -0.4 is 26.0 Å². The van der Waals surface area contributed by atoms with Crippen molar-refractivity contribution in [2.24, 2.45) is 16.6 Å². The highest BCUT2D eigenvalue weighted by Crippen LogP contribution is 2.35. The Hall–Kier alpha value is -1.95. The summed E-state index contributed by atoms with van der Waals surface area (Å²) in [7, 11) is 1.55. The molecule has 0 saturated carbocycles. The normalized spacial score (nSPS) is 10.5. The molecule has 19 heavy (non-hydrogen) atoms. The van der Waals surface area contributed by atoms with Crippen LogP contribution in [-0.2, 0) is 0 Å². The lowest BCUT2D eigenvalue weighted by Crippen LogP contribution is -2.63. The van der Waals surface area contributed by atoms with Crippen LogP contribution in [0.3, 0.4) is 0 Å². The monoisotopic (exact) mass is 285 g/mol. The van der Waals surface area contributed by atoms with Crippen LogP contribution in [-0.4, -0.2) is 25.9 Å². The van der Waals surface area contributed by atoms with Crippen molar-refractivity contribution in [3.05, 3.63) is 22.7 Å². The van der Waals surface area contributed by atoms with Crippen molar-refractivity contribution in [3.63, 3.8) is 0 Å². The van der Waals surface area contributed by atoms with Crippen molar-refractivity contribution in [1.82, 2.24) is 0 Å². The Morgan fingerprint density at radius 3 is 2.79 bits per heavy atom. The summed E-state index contributed by atoms with van der Waals surface area (Å²) in [6.07, 6.45) is 2.48. The summed E-state index contributed by atoms with van der Waals surface area (Å²) in [5.41, 5.74) is 11.2. The molecule has 0 amide bonds. The molecule has 104 valence electrons. The number of nitrogens with two attached hydrogens (primary N) is 2. The number of guanidine groups is 1. The highest BCUT2D eigenvalue weighted by Gasteiger charge is 2.12. The Bertz CT molecular complexity index is 485. The molecule has 0 aliphatic heterocycles. The van der Waals surface area contributed by atoms with Crippen LogP contribution >= 0.6 is 11.6 Å². The molecule has 1 aromatic rings. The van der Waals surface area contributed by atoms with Gasteiger partial charge < -0.3 is 20.9 Å². The van der Waals surface area contributed by atoms with E-state index in [2.05, 4.69) is 10.2 Å². The molecule has 1 aromatic carbocycles. The number of nitrogens with zero attached hydrogens (tertiary/aromatic N) is 1. The molecular weight excluding hydrogens is 268 g/mol. The van der Waals surface area contributed by atoms with Gasteiger partial charge in [-0.05, 0) is 18.6 Å². The minimum Gasteiger partial charge on any atom is -0.493 e. The Labute approximate surface area is 117 Å². The van der Waals surface area contributed by atoms with Gasteiger partial charge in [-0.25, -0.2) is 0 Å². The summed E-state index contributed by atoms with van der Waals surface area (Å²) in [6.45, 7) is 2.59. The molecule has 0 heterocycles. The zero-order valence-electron chi connectivity index (χ0n) is 10.9. The van der Waals surface area contributed by atoms with E-state index in [4.69, 9.17) is 32.5 Å². The van der Waals surface area contributed by atoms with Gasteiger partial charge in [-0.3, -0.25) is 0 Å². The molecule has 6 nitrogen and oxygen atoms in total. The molecule has 0 spiro atoms. The molecule has 0 atom stereocenters. The Balaban J connectivity index is 3.01. The number of ether oxygens (including phenoxy) is 2. The molecule has 0 unspecified atom stereocenters. The Morgan fingerprint density at radius 1 is 1.47 bits per heavy atom. The summed E-state index contributed by atoms with van der Waals surface area (Å²) < 4.78 is 10.8. The predicted molar refractivity (Wildman–Crippen MR) is 75.7 cm³/mol. The van der Waals surface area contributed by atoms with Gasteiger partial charge in [-0.1, -0.05) is 18.5 Å². The fraction of sp³-hybridized carbons (Fsp3) is 0.333. The third-order valence-electron chi connectivity index (χ3n) is 2.13. The van der Waals surface area contributed by atoms with Crippen LogP contribution in [0.2, 0.25) is 5.02 Å². The number of hydrogen-bond donors (Lipinski definition) is 3. The second kappa shape index (κ2) is 7.48. The highest BCUT2D eigenvalue weighted by molar-refractivity contribution is 6.32. The fourth-order valence-corrected chi connectivity index (χ4v) is 1.62. The Kier molecular flexibility index (Phi) is 5.95. The number of methoxy groups -OCH3 is 1. The number of hydrogen-bond acceptors (Lipinski definition) is 3. The maximum Gasteiger partial charge on any atom is 0.256 e. The molecule has 0 aromatic heterocycles. The van der Waals surface area contributed by atoms with Gasteiger partial charge in [0.2, 0.25) is 6.21 Å². The Morgan fingerprint density at radius 2 is 2.21 bits per heavy atom. The van der Waals surface area contributed by atoms with Gasteiger partial charge in [0, 0.05) is 10.7 Å². The van der Waals surface area contributed by atoms with Crippen LogP contribution in [0.15, 0.2) is 17.2 Å². The number of hydrazone groups is 1. The minimum atomic E-state index is -0.0581. The molecule has 0 fully saturated rings. The maximum absolute atomic E-state index is 6.15. The SMILES string of the molecule is CCCOc1c(Cl)cc(/C=[NH+]\N=C(N)N)cc1OC. The van der Waals surface area contributed by atoms with Crippen molar-refractivity contribution < 1.29 is 14.6 Å². The lowest BCUT2D eigenvalue weighted by atomic mass is 10.2. The van der Waals surface area contributed by atoms with Gasteiger partial charge in [-0.15, -0.1) is 5.10 Å².